The van der Waals surface area contributed by atoms with Crippen LogP contribution in [0.5, 0.6) is 0 Å². The lowest BCUT2D eigenvalue weighted by Crippen LogP contribution is -2.39. The highest BCUT2D eigenvalue weighted by molar-refractivity contribution is 7.51. The number of carbonyl (C=O) groups excluding carboxylic acids is 1. The van der Waals surface area contributed by atoms with Gasteiger partial charge in [-0.1, -0.05) is 7.60 Å². The Labute approximate surface area is 82.4 Å². The van der Waals surface area contributed by atoms with Crippen LogP contribution in [0.3, 0.4) is 0 Å². The van der Waals surface area contributed by atoms with Crippen molar-refractivity contribution in [3.8, 4) is 0 Å². The molecule has 15 heavy (non-hydrogen) atoms. The molecule has 0 fully saturated rings. The molecule has 0 spiro atoms. The van der Waals surface area contributed by atoms with E-state index in [1.54, 1.807) is 0 Å². The summed E-state index contributed by atoms with van der Waals surface area (Å²) in [5.41, 5.74) is -5.18. The topological polar surface area (TPSA) is 143 Å². The summed E-state index contributed by atoms with van der Waals surface area (Å²) in [5, 5.41) is 0. The van der Waals surface area contributed by atoms with Crippen molar-refractivity contribution in [3.63, 3.8) is 0 Å². The Morgan fingerprint density at radius 1 is 1.13 bits per heavy atom. The van der Waals surface area contributed by atoms with Crippen LogP contribution in [-0.2, 0) is 13.9 Å². The Bertz CT molecular complexity index is 341. The van der Waals surface area contributed by atoms with Gasteiger partial charge >= 0.3 is 5.66 Å². The number of halogens is 2. The summed E-state index contributed by atoms with van der Waals surface area (Å²) in [6, 6.07) is 0. The first-order chi connectivity index (χ1) is 6.38. The first-order valence-corrected chi connectivity index (χ1v) is 6.59. The second-order valence-corrected chi connectivity index (χ2v) is 5.77. The third kappa shape index (κ3) is 4.46. The van der Waals surface area contributed by atoms with Crippen LogP contribution in [0.15, 0.2) is 0 Å². The summed E-state index contributed by atoms with van der Waals surface area (Å²) >= 11 is 0. The molecule has 0 aliphatic rings. The zero-order valence-electron chi connectivity index (χ0n) is 6.92. The Morgan fingerprint density at radius 2 is 1.53 bits per heavy atom. The lowest BCUT2D eigenvalue weighted by molar-refractivity contribution is -0.330. The predicted octanol–water partition coefficient (Wildman–Crippen LogP) is -2.63. The third-order valence-corrected chi connectivity index (χ3v) is 3.00. The van der Waals surface area contributed by atoms with Gasteiger partial charge in [-0.2, -0.15) is 8.78 Å². The number of Topliss-reactive ketones (excluding diaryl/α,β-unsaturated/α-hetero) is 1. The molecule has 0 aliphatic carbocycles. The quantitative estimate of drug-likeness (QED) is 0.493. The van der Waals surface area contributed by atoms with Crippen LogP contribution in [-0.4, -0.2) is 17.6 Å². The van der Waals surface area contributed by atoms with E-state index in [4.69, 9.17) is 0 Å². The normalized spacial score (nSPS) is 14.0. The smallest absolute Gasteiger partial charge is 0.328 e. The standard InChI is InChI=1S/C4H8F2O7P2/c5-4(6,15(11,12)13)3(7)1-2-14(8,9)10/h1-2H2,(H2,8,9,10)(H2,11,12,13)/p-4. The summed E-state index contributed by atoms with van der Waals surface area (Å²) in [6.07, 6.45) is -2.97. The molecule has 90 valence electrons. The van der Waals surface area contributed by atoms with E-state index in [0.717, 1.165) is 0 Å². The number of alkyl halides is 2. The van der Waals surface area contributed by atoms with E-state index < -0.39 is 39.2 Å². The lowest BCUT2D eigenvalue weighted by Gasteiger charge is -2.37. The van der Waals surface area contributed by atoms with Crippen LogP contribution >= 0.6 is 15.2 Å². The van der Waals surface area contributed by atoms with Gasteiger partial charge in [0, 0.05) is 14.0 Å². The van der Waals surface area contributed by atoms with Crippen LogP contribution in [0.2, 0.25) is 0 Å². The molecule has 0 saturated carbocycles. The fraction of sp³-hybridized carbons (Fsp3) is 0.750. The van der Waals surface area contributed by atoms with E-state index in [9.17, 15) is 42.3 Å². The Balaban J connectivity index is 4.61. The van der Waals surface area contributed by atoms with Crippen molar-refractivity contribution in [2.75, 3.05) is 6.16 Å². The van der Waals surface area contributed by atoms with Gasteiger partial charge in [0.15, 0.2) is 0 Å². The molecule has 0 unspecified atom stereocenters. The monoisotopic (exact) mass is 264 g/mol. The van der Waals surface area contributed by atoms with Gasteiger partial charge in [-0.05, 0) is 6.16 Å². The number of rotatable bonds is 5. The van der Waals surface area contributed by atoms with Gasteiger partial charge in [-0.25, -0.2) is 0 Å². The molecule has 0 radical (unpaired) electrons. The van der Waals surface area contributed by atoms with Gasteiger partial charge in [0.25, 0.3) is 0 Å². The predicted molar refractivity (Wildman–Crippen MR) is 34.7 cm³/mol. The van der Waals surface area contributed by atoms with Crippen LogP contribution in [0, 0.1) is 0 Å². The zero-order chi connectivity index (χ0) is 12.5. The Kier molecular flexibility index (Phi) is 4.32. The molecule has 0 amide bonds. The van der Waals surface area contributed by atoms with E-state index in [-0.39, 0.29) is 0 Å². The number of ketones is 1. The molecule has 0 aromatic heterocycles. The third-order valence-electron chi connectivity index (χ3n) is 1.29. The maximum atomic E-state index is 12.4. The van der Waals surface area contributed by atoms with Crippen molar-refractivity contribution in [2.24, 2.45) is 0 Å². The molecule has 0 atom stereocenters. The first-order valence-electron chi connectivity index (χ1n) is 3.32. The molecule has 0 aromatic rings. The molecule has 0 heterocycles. The summed E-state index contributed by atoms with van der Waals surface area (Å²) in [7, 11) is -11.7. The summed E-state index contributed by atoms with van der Waals surface area (Å²) < 4.78 is 44.6. The van der Waals surface area contributed by atoms with Gasteiger partial charge in [0.2, 0.25) is 5.78 Å². The highest BCUT2D eigenvalue weighted by Crippen LogP contribution is 2.47. The molecule has 0 aromatic carbocycles. The molecule has 7 nitrogen and oxygen atoms in total. The average molecular weight is 264 g/mol. The SMILES string of the molecule is O=C(CCP(=O)([O-])[O-])C(F)(F)P(=O)([O-])[O-]. The second-order valence-electron chi connectivity index (χ2n) is 2.55. The summed E-state index contributed by atoms with van der Waals surface area (Å²) in [4.78, 5) is 50.2. The highest BCUT2D eigenvalue weighted by atomic mass is 31.2. The van der Waals surface area contributed by atoms with E-state index in [1.807, 2.05) is 0 Å². The maximum Gasteiger partial charge on any atom is 0.328 e. The minimum Gasteiger partial charge on any atom is -0.811 e. The number of carbonyl (C=O) groups is 1. The van der Waals surface area contributed by atoms with Gasteiger partial charge in [0.05, 0.1) is 0 Å². The van der Waals surface area contributed by atoms with Gasteiger partial charge < -0.3 is 28.7 Å². The largest absolute Gasteiger partial charge is 0.811 e. The van der Waals surface area contributed by atoms with Gasteiger partial charge in [0.1, 0.15) is 0 Å². The van der Waals surface area contributed by atoms with Gasteiger partial charge in [-0.15, -0.1) is 0 Å². The van der Waals surface area contributed by atoms with E-state index in [1.165, 1.54) is 0 Å². The van der Waals surface area contributed by atoms with E-state index >= 15 is 0 Å². The van der Waals surface area contributed by atoms with Crippen molar-refractivity contribution in [1.82, 2.24) is 0 Å². The fourth-order valence-electron chi connectivity index (χ4n) is 0.542. The van der Waals surface area contributed by atoms with Crippen molar-refractivity contribution >= 4 is 21.0 Å². The summed E-state index contributed by atoms with van der Waals surface area (Å²) in [5.74, 6) is -2.40. The lowest BCUT2D eigenvalue weighted by atomic mass is 10.3. The van der Waals surface area contributed by atoms with Crippen LogP contribution in [0.25, 0.3) is 0 Å². The molecular formula is C4H4F2O7P2-4. The molecular weight excluding hydrogens is 260 g/mol. The second kappa shape index (κ2) is 4.37. The van der Waals surface area contributed by atoms with Crippen molar-refractivity contribution in [3.05, 3.63) is 0 Å². The molecule has 0 N–H and O–H groups in total. The van der Waals surface area contributed by atoms with E-state index in [0.29, 0.717) is 0 Å². The zero-order valence-corrected chi connectivity index (χ0v) is 8.71. The van der Waals surface area contributed by atoms with Crippen molar-refractivity contribution in [2.45, 2.75) is 12.1 Å². The molecule has 0 bridgehead atoms. The molecule has 0 rings (SSSR count). The van der Waals surface area contributed by atoms with Crippen molar-refractivity contribution in [1.29, 1.82) is 0 Å². The molecule has 0 aliphatic heterocycles. The number of hydrogen-bond donors (Lipinski definition) is 0. The minimum absolute atomic E-state index is 1.46. The van der Waals surface area contributed by atoms with Gasteiger partial charge in [-0.3, -0.25) is 4.79 Å². The average Bonchev–Trinajstić information content (AvgIpc) is 1.96. The number of hydrogen-bond acceptors (Lipinski definition) is 7. The highest BCUT2D eigenvalue weighted by Gasteiger charge is 2.41. The maximum absolute atomic E-state index is 12.4. The molecule has 0 saturated heterocycles. The van der Waals surface area contributed by atoms with E-state index in [2.05, 4.69) is 0 Å². The Hall–Kier alpha value is -0.170. The van der Waals surface area contributed by atoms with Crippen LogP contribution < -0.4 is 19.6 Å². The minimum atomic E-state index is -6.48. The van der Waals surface area contributed by atoms with Crippen molar-refractivity contribution < 1.29 is 42.3 Å². The summed E-state index contributed by atoms with van der Waals surface area (Å²) in [6.45, 7) is 0. The Morgan fingerprint density at radius 3 is 1.80 bits per heavy atom. The first kappa shape index (κ1) is 14.8. The molecule has 11 heteroatoms. The van der Waals surface area contributed by atoms with Crippen LogP contribution in [0.1, 0.15) is 6.42 Å². The van der Waals surface area contributed by atoms with Crippen LogP contribution in [0.4, 0.5) is 8.78 Å². The fourth-order valence-corrected chi connectivity index (χ4v) is 1.44.